The van der Waals surface area contributed by atoms with Crippen molar-refractivity contribution in [1.29, 1.82) is 0 Å². The highest BCUT2D eigenvalue weighted by molar-refractivity contribution is 7.26. The molecule has 0 amide bonds. The molecule has 3 heterocycles. The molecule has 0 saturated carbocycles. The van der Waals surface area contributed by atoms with Crippen LogP contribution in [0, 0.1) is 0 Å². The van der Waals surface area contributed by atoms with Crippen LogP contribution in [-0.4, -0.2) is 15.0 Å². The summed E-state index contributed by atoms with van der Waals surface area (Å²) in [6, 6.07) is 78.6. The van der Waals surface area contributed by atoms with E-state index in [1.54, 1.807) is 0 Å². The number of nitrogens with zero attached hydrogens (tertiary/aromatic N) is 3. The fourth-order valence-electron chi connectivity index (χ4n) is 10.6. The highest BCUT2D eigenvalue weighted by atomic mass is 32.1. The van der Waals surface area contributed by atoms with Gasteiger partial charge in [-0.3, -0.25) is 0 Å². The van der Waals surface area contributed by atoms with Crippen molar-refractivity contribution in [2.45, 2.75) is 17.8 Å². The van der Waals surface area contributed by atoms with Crippen LogP contribution < -0.4 is 0 Å². The highest BCUT2D eigenvalue weighted by Crippen LogP contribution is 2.47. The molecule has 12 aromatic rings. The van der Waals surface area contributed by atoms with Gasteiger partial charge in [-0.2, -0.15) is 0 Å². The van der Waals surface area contributed by atoms with Crippen LogP contribution in [0.25, 0.3) is 87.1 Å². The number of furan rings is 1. The van der Waals surface area contributed by atoms with Crippen LogP contribution in [0.3, 0.4) is 0 Å². The summed E-state index contributed by atoms with van der Waals surface area (Å²) < 4.78 is 8.81. The summed E-state index contributed by atoms with van der Waals surface area (Å²) in [5.74, 6) is 2.10. The van der Waals surface area contributed by atoms with Crippen LogP contribution in [0.1, 0.15) is 40.4 Å². The van der Waals surface area contributed by atoms with E-state index in [9.17, 15) is 0 Å². The van der Waals surface area contributed by atoms with Crippen LogP contribution in [0.15, 0.2) is 247 Å². The second kappa shape index (κ2) is 17.0. The molecule has 0 saturated heterocycles. The first kappa shape index (κ1) is 40.7. The van der Waals surface area contributed by atoms with E-state index in [1.165, 1.54) is 59.1 Å². The number of aromatic nitrogens is 3. The summed E-state index contributed by atoms with van der Waals surface area (Å²) >= 11 is 1.85. The van der Waals surface area contributed by atoms with Crippen molar-refractivity contribution >= 4 is 53.4 Å². The highest BCUT2D eigenvalue weighted by Gasteiger charge is 2.38. The summed E-state index contributed by atoms with van der Waals surface area (Å²) in [7, 11) is 0. The van der Waals surface area contributed by atoms with Gasteiger partial charge in [-0.1, -0.05) is 212 Å². The Kier molecular flexibility index (Phi) is 10.0. The molecule has 13 rings (SSSR count). The molecule has 0 fully saturated rings. The number of rotatable bonds is 9. The Labute approximate surface area is 404 Å². The molecule has 1 atom stereocenters. The summed E-state index contributed by atoms with van der Waals surface area (Å²) in [5.41, 5.74) is 12.7. The molecule has 0 radical (unpaired) electrons. The standard InChI is InChI=1S/C64H43N3OS/c1-5-17-44(18-6-1)61-65-62(67-63(66-61)53-27-15-29-56-59(53)52-25-13-14-28-55(52)68-56)45-33-31-43(32-34-45)51-26-16-30-58-60(51)54-41-46(37-40-57(54)69-58)42-35-38-50(39-36-42)64(47-19-7-2-8-20-47,48-21-9-3-10-22-48)49-23-11-4-12-24-49/h1-17,19-41,44H,18H2. The van der Waals surface area contributed by atoms with Crippen molar-refractivity contribution in [3.8, 4) is 45.0 Å². The van der Waals surface area contributed by atoms with E-state index in [0.29, 0.717) is 11.6 Å². The lowest BCUT2D eigenvalue weighted by Gasteiger charge is -2.37. The topological polar surface area (TPSA) is 51.8 Å². The molecule has 0 bridgehead atoms. The van der Waals surface area contributed by atoms with E-state index >= 15 is 0 Å². The predicted octanol–water partition coefficient (Wildman–Crippen LogP) is 16.8. The van der Waals surface area contributed by atoms with Crippen molar-refractivity contribution in [2.24, 2.45) is 0 Å². The minimum Gasteiger partial charge on any atom is -0.456 e. The summed E-state index contributed by atoms with van der Waals surface area (Å²) in [6.45, 7) is 0. The van der Waals surface area contributed by atoms with E-state index in [1.807, 2.05) is 41.7 Å². The summed E-state index contributed by atoms with van der Waals surface area (Å²) in [6.07, 6.45) is 9.36. The molecule has 0 spiro atoms. The molecule has 326 valence electrons. The first-order valence-electron chi connectivity index (χ1n) is 23.5. The molecule has 1 unspecified atom stereocenters. The van der Waals surface area contributed by atoms with E-state index in [-0.39, 0.29) is 5.92 Å². The third kappa shape index (κ3) is 7.01. The zero-order chi connectivity index (χ0) is 45.7. The van der Waals surface area contributed by atoms with Gasteiger partial charge >= 0.3 is 0 Å². The fourth-order valence-corrected chi connectivity index (χ4v) is 11.7. The molecule has 0 N–H and O–H groups in total. The minimum absolute atomic E-state index is 0.0498. The Balaban J connectivity index is 0.882. The van der Waals surface area contributed by atoms with Crippen molar-refractivity contribution in [3.63, 3.8) is 0 Å². The average molecular weight is 902 g/mol. The van der Waals surface area contributed by atoms with Crippen LogP contribution in [0.4, 0.5) is 0 Å². The molecule has 69 heavy (non-hydrogen) atoms. The smallest absolute Gasteiger partial charge is 0.164 e. The Morgan fingerprint density at radius 1 is 0.420 bits per heavy atom. The van der Waals surface area contributed by atoms with Crippen molar-refractivity contribution in [2.75, 3.05) is 0 Å². The van der Waals surface area contributed by atoms with Crippen LogP contribution >= 0.6 is 11.3 Å². The quantitative estimate of drug-likeness (QED) is 0.135. The Morgan fingerprint density at radius 2 is 1.01 bits per heavy atom. The third-order valence-electron chi connectivity index (χ3n) is 13.8. The number of hydrogen-bond acceptors (Lipinski definition) is 5. The van der Waals surface area contributed by atoms with Gasteiger partial charge in [0.25, 0.3) is 0 Å². The van der Waals surface area contributed by atoms with Crippen LogP contribution in [-0.2, 0) is 5.41 Å². The van der Waals surface area contributed by atoms with Gasteiger partial charge in [0.15, 0.2) is 11.6 Å². The molecular weight excluding hydrogens is 859 g/mol. The maximum absolute atomic E-state index is 6.28. The number of hydrogen-bond donors (Lipinski definition) is 0. The molecule has 9 aromatic carbocycles. The minimum atomic E-state index is -0.497. The second-order valence-electron chi connectivity index (χ2n) is 17.8. The van der Waals surface area contributed by atoms with Gasteiger partial charge < -0.3 is 4.42 Å². The zero-order valence-corrected chi connectivity index (χ0v) is 38.4. The summed E-state index contributed by atoms with van der Waals surface area (Å²) in [5, 5.41) is 4.58. The predicted molar refractivity (Wildman–Crippen MR) is 286 cm³/mol. The van der Waals surface area contributed by atoms with E-state index in [0.717, 1.165) is 50.9 Å². The number of thiophene rings is 1. The van der Waals surface area contributed by atoms with Gasteiger partial charge in [0.1, 0.15) is 17.0 Å². The lowest BCUT2D eigenvalue weighted by molar-refractivity contribution is 0.669. The SMILES string of the molecule is C1=CCC(c2nc(-c3ccc(-c4cccc5sc6ccc(-c7ccc(C(c8ccccc8)(c8ccccc8)c8ccccc8)cc7)cc6c45)cc3)nc(-c3cccc4oc5ccccc5c34)n2)C=C1. The molecule has 4 nitrogen and oxygen atoms in total. The van der Waals surface area contributed by atoms with Gasteiger partial charge in [-0.25, -0.2) is 15.0 Å². The first-order valence-corrected chi connectivity index (χ1v) is 24.3. The zero-order valence-electron chi connectivity index (χ0n) is 37.5. The van der Waals surface area contributed by atoms with E-state index in [2.05, 4.69) is 212 Å². The molecule has 3 aromatic heterocycles. The molecule has 0 aliphatic heterocycles. The monoisotopic (exact) mass is 901 g/mol. The number of allylic oxidation sites excluding steroid dienone is 4. The van der Waals surface area contributed by atoms with Gasteiger partial charge in [0.05, 0.1) is 5.41 Å². The number of fused-ring (bicyclic) bond motifs is 6. The van der Waals surface area contributed by atoms with Crippen LogP contribution in [0.2, 0.25) is 0 Å². The Bertz CT molecular complexity index is 3810. The van der Waals surface area contributed by atoms with Crippen LogP contribution in [0.5, 0.6) is 0 Å². The Morgan fingerprint density at radius 3 is 1.72 bits per heavy atom. The van der Waals surface area contributed by atoms with Crippen molar-refractivity contribution < 1.29 is 4.42 Å². The molecule has 5 heteroatoms. The van der Waals surface area contributed by atoms with Gasteiger partial charge in [-0.05, 0) is 81.3 Å². The largest absolute Gasteiger partial charge is 0.456 e. The molecular formula is C64H43N3OS. The van der Waals surface area contributed by atoms with E-state index < -0.39 is 5.41 Å². The maximum atomic E-state index is 6.28. The van der Waals surface area contributed by atoms with Gasteiger partial charge in [-0.15, -0.1) is 11.3 Å². The van der Waals surface area contributed by atoms with Gasteiger partial charge in [0.2, 0.25) is 0 Å². The Hall–Kier alpha value is -8.51. The lowest BCUT2D eigenvalue weighted by Crippen LogP contribution is -2.30. The molecule has 1 aliphatic carbocycles. The first-order chi connectivity index (χ1) is 34.2. The lowest BCUT2D eigenvalue weighted by atomic mass is 9.65. The normalized spacial score (nSPS) is 13.8. The summed E-state index contributed by atoms with van der Waals surface area (Å²) in [4.78, 5) is 15.5. The van der Waals surface area contributed by atoms with E-state index in [4.69, 9.17) is 19.4 Å². The third-order valence-corrected chi connectivity index (χ3v) is 15.0. The maximum Gasteiger partial charge on any atom is 0.164 e. The van der Waals surface area contributed by atoms with Crippen molar-refractivity contribution in [3.05, 3.63) is 271 Å². The number of benzene rings is 9. The van der Waals surface area contributed by atoms with Crippen molar-refractivity contribution in [1.82, 2.24) is 15.0 Å². The fraction of sp³-hybridized carbons (Fsp3) is 0.0469. The van der Waals surface area contributed by atoms with Gasteiger partial charge in [0, 0.05) is 48.0 Å². The second-order valence-corrected chi connectivity index (χ2v) is 18.9. The molecule has 1 aliphatic rings. The number of para-hydroxylation sites is 1. The average Bonchev–Trinajstić information content (AvgIpc) is 4.01.